The zero-order valence-electron chi connectivity index (χ0n) is 10.5. The van der Waals surface area contributed by atoms with E-state index in [1.807, 2.05) is 6.07 Å². The van der Waals surface area contributed by atoms with E-state index in [9.17, 15) is 0 Å². The predicted molar refractivity (Wildman–Crippen MR) is 71.1 cm³/mol. The number of fused-ring (bicyclic) bond motifs is 1. The van der Waals surface area contributed by atoms with Crippen molar-refractivity contribution in [3.8, 4) is 5.75 Å². The van der Waals surface area contributed by atoms with Gasteiger partial charge in [0, 0.05) is 31.8 Å². The van der Waals surface area contributed by atoms with Crippen LogP contribution < -0.4 is 15.8 Å². The fourth-order valence-electron chi connectivity index (χ4n) is 2.60. The van der Waals surface area contributed by atoms with Crippen LogP contribution in [0.3, 0.4) is 0 Å². The van der Waals surface area contributed by atoms with E-state index >= 15 is 0 Å². The molecule has 0 radical (unpaired) electrons. The highest BCUT2D eigenvalue weighted by Crippen LogP contribution is 2.30. The van der Waals surface area contributed by atoms with Gasteiger partial charge in [0.05, 0.1) is 6.10 Å². The lowest BCUT2D eigenvalue weighted by Gasteiger charge is -2.12. The molecule has 18 heavy (non-hydrogen) atoms. The van der Waals surface area contributed by atoms with E-state index in [0.29, 0.717) is 12.6 Å². The van der Waals surface area contributed by atoms with Crippen molar-refractivity contribution in [3.05, 3.63) is 23.8 Å². The molecule has 1 fully saturated rings. The normalized spacial score (nSPS) is 25.8. The van der Waals surface area contributed by atoms with Gasteiger partial charge in [-0.25, -0.2) is 0 Å². The number of rotatable bonds is 4. The monoisotopic (exact) mass is 248 g/mol. The molecule has 2 unspecified atom stereocenters. The van der Waals surface area contributed by atoms with Crippen LogP contribution in [0, 0.1) is 0 Å². The standard InChI is InChI=1S/C14H20N2O2/c15-8-13-7-10-6-11(3-4-14(10)18-13)16-9-12-2-1-5-17-12/h3-4,6,12-13,16H,1-2,5,7-9,15H2. The zero-order valence-corrected chi connectivity index (χ0v) is 10.5. The fraction of sp³-hybridized carbons (Fsp3) is 0.571. The number of benzene rings is 1. The van der Waals surface area contributed by atoms with Gasteiger partial charge in [0.15, 0.2) is 0 Å². The average molecular weight is 248 g/mol. The van der Waals surface area contributed by atoms with Crippen molar-refractivity contribution in [2.24, 2.45) is 5.73 Å². The molecule has 0 aliphatic carbocycles. The number of nitrogens with one attached hydrogen (secondary N) is 1. The van der Waals surface area contributed by atoms with Gasteiger partial charge in [0.25, 0.3) is 0 Å². The average Bonchev–Trinajstić information content (AvgIpc) is 3.04. The Morgan fingerprint density at radius 1 is 1.33 bits per heavy atom. The Morgan fingerprint density at radius 2 is 2.28 bits per heavy atom. The van der Waals surface area contributed by atoms with Crippen LogP contribution in [-0.4, -0.2) is 31.9 Å². The molecule has 4 heteroatoms. The van der Waals surface area contributed by atoms with E-state index < -0.39 is 0 Å². The minimum atomic E-state index is 0.147. The van der Waals surface area contributed by atoms with E-state index in [1.54, 1.807) is 0 Å². The van der Waals surface area contributed by atoms with E-state index in [4.69, 9.17) is 15.2 Å². The summed E-state index contributed by atoms with van der Waals surface area (Å²) < 4.78 is 11.3. The minimum absolute atomic E-state index is 0.147. The van der Waals surface area contributed by atoms with Crippen molar-refractivity contribution in [2.45, 2.75) is 31.5 Å². The molecule has 98 valence electrons. The lowest BCUT2D eigenvalue weighted by molar-refractivity contribution is 0.120. The maximum atomic E-state index is 5.71. The Bertz CT molecular complexity index is 416. The maximum absolute atomic E-state index is 5.71. The number of hydrogen-bond acceptors (Lipinski definition) is 4. The van der Waals surface area contributed by atoms with Crippen molar-refractivity contribution in [1.29, 1.82) is 0 Å². The van der Waals surface area contributed by atoms with Gasteiger partial charge in [-0.2, -0.15) is 0 Å². The molecule has 0 saturated carbocycles. The van der Waals surface area contributed by atoms with Gasteiger partial charge in [-0.1, -0.05) is 0 Å². The molecule has 3 N–H and O–H groups in total. The molecule has 2 heterocycles. The van der Waals surface area contributed by atoms with Gasteiger partial charge in [-0.15, -0.1) is 0 Å². The third-order valence-electron chi connectivity index (χ3n) is 3.62. The Balaban J connectivity index is 1.61. The molecule has 1 aromatic rings. The van der Waals surface area contributed by atoms with Crippen LogP contribution in [0.1, 0.15) is 18.4 Å². The van der Waals surface area contributed by atoms with Crippen LogP contribution in [0.2, 0.25) is 0 Å². The first-order chi connectivity index (χ1) is 8.85. The molecular formula is C14H20N2O2. The van der Waals surface area contributed by atoms with Crippen LogP contribution in [0.5, 0.6) is 5.75 Å². The molecule has 2 aliphatic heterocycles. The largest absolute Gasteiger partial charge is 0.488 e. The van der Waals surface area contributed by atoms with Gasteiger partial charge in [-0.3, -0.25) is 0 Å². The molecule has 2 aliphatic rings. The molecule has 0 amide bonds. The number of hydrogen-bond donors (Lipinski definition) is 2. The summed E-state index contributed by atoms with van der Waals surface area (Å²) in [5, 5.41) is 3.44. The summed E-state index contributed by atoms with van der Waals surface area (Å²) in [4.78, 5) is 0. The predicted octanol–water partition coefficient (Wildman–Crippen LogP) is 1.54. The second-order valence-corrected chi connectivity index (χ2v) is 5.02. The van der Waals surface area contributed by atoms with Gasteiger partial charge in [0.2, 0.25) is 0 Å². The van der Waals surface area contributed by atoms with E-state index in [-0.39, 0.29) is 6.10 Å². The van der Waals surface area contributed by atoms with Crippen LogP contribution >= 0.6 is 0 Å². The van der Waals surface area contributed by atoms with Gasteiger partial charge < -0.3 is 20.5 Å². The summed E-state index contributed by atoms with van der Waals surface area (Å²) in [7, 11) is 0. The molecule has 0 bridgehead atoms. The topological polar surface area (TPSA) is 56.5 Å². The van der Waals surface area contributed by atoms with Crippen LogP contribution in [0.25, 0.3) is 0 Å². The highest BCUT2D eigenvalue weighted by Gasteiger charge is 2.22. The summed E-state index contributed by atoms with van der Waals surface area (Å²) in [6, 6.07) is 6.26. The van der Waals surface area contributed by atoms with Crippen LogP contribution in [0.4, 0.5) is 5.69 Å². The van der Waals surface area contributed by atoms with E-state index in [2.05, 4.69) is 17.4 Å². The SMILES string of the molecule is NCC1Cc2cc(NCC3CCCO3)ccc2O1. The van der Waals surface area contributed by atoms with Gasteiger partial charge >= 0.3 is 0 Å². The first-order valence-corrected chi connectivity index (χ1v) is 6.70. The lowest BCUT2D eigenvalue weighted by Crippen LogP contribution is -2.24. The van der Waals surface area contributed by atoms with Gasteiger partial charge in [-0.05, 0) is 36.6 Å². The zero-order chi connectivity index (χ0) is 12.4. The van der Waals surface area contributed by atoms with Crippen molar-refractivity contribution < 1.29 is 9.47 Å². The summed E-state index contributed by atoms with van der Waals surface area (Å²) in [5.41, 5.74) is 8.03. The molecule has 1 aromatic carbocycles. The Hall–Kier alpha value is -1.26. The second kappa shape index (κ2) is 5.16. The van der Waals surface area contributed by atoms with Crippen LogP contribution in [-0.2, 0) is 11.2 Å². The molecule has 1 saturated heterocycles. The first-order valence-electron chi connectivity index (χ1n) is 6.70. The molecule has 0 spiro atoms. The quantitative estimate of drug-likeness (QED) is 0.848. The van der Waals surface area contributed by atoms with Crippen molar-refractivity contribution in [2.75, 3.05) is 25.0 Å². The molecule has 3 rings (SSSR count). The highest BCUT2D eigenvalue weighted by atomic mass is 16.5. The summed E-state index contributed by atoms with van der Waals surface area (Å²) >= 11 is 0. The van der Waals surface area contributed by atoms with Gasteiger partial charge in [0.1, 0.15) is 11.9 Å². The van der Waals surface area contributed by atoms with E-state index in [1.165, 1.54) is 12.0 Å². The molecule has 0 aromatic heterocycles. The smallest absolute Gasteiger partial charge is 0.123 e. The Kier molecular flexibility index (Phi) is 3.39. The number of anilines is 1. The molecular weight excluding hydrogens is 228 g/mol. The van der Waals surface area contributed by atoms with Crippen molar-refractivity contribution in [1.82, 2.24) is 0 Å². The van der Waals surface area contributed by atoms with Crippen molar-refractivity contribution >= 4 is 5.69 Å². The summed E-state index contributed by atoms with van der Waals surface area (Å²) in [5.74, 6) is 0.980. The van der Waals surface area contributed by atoms with Crippen molar-refractivity contribution in [3.63, 3.8) is 0 Å². The third-order valence-corrected chi connectivity index (χ3v) is 3.62. The van der Waals surface area contributed by atoms with E-state index in [0.717, 1.165) is 37.4 Å². The highest BCUT2D eigenvalue weighted by molar-refractivity contribution is 5.52. The maximum Gasteiger partial charge on any atom is 0.123 e. The summed E-state index contributed by atoms with van der Waals surface area (Å²) in [6.45, 7) is 2.37. The minimum Gasteiger partial charge on any atom is -0.488 e. The second-order valence-electron chi connectivity index (χ2n) is 5.02. The third kappa shape index (κ3) is 2.44. The lowest BCUT2D eigenvalue weighted by atomic mass is 10.1. The molecule has 2 atom stereocenters. The van der Waals surface area contributed by atoms with Crippen LogP contribution in [0.15, 0.2) is 18.2 Å². The fourth-order valence-corrected chi connectivity index (χ4v) is 2.60. The molecule has 4 nitrogen and oxygen atoms in total. The Morgan fingerprint density at radius 3 is 3.06 bits per heavy atom. The number of ether oxygens (including phenoxy) is 2. The first kappa shape index (κ1) is 11.8. The summed E-state index contributed by atoms with van der Waals surface area (Å²) in [6.07, 6.45) is 3.78. The number of nitrogens with two attached hydrogens (primary N) is 1. The Labute approximate surface area is 107 Å².